The van der Waals surface area contributed by atoms with E-state index in [0.29, 0.717) is 37.0 Å². The Morgan fingerprint density at radius 3 is 3.00 bits per heavy atom. The van der Waals surface area contributed by atoms with Crippen LogP contribution in [0, 0.1) is 6.92 Å². The van der Waals surface area contributed by atoms with Crippen molar-refractivity contribution in [1.29, 1.82) is 0 Å². The molecule has 0 saturated carbocycles. The van der Waals surface area contributed by atoms with Crippen molar-refractivity contribution in [2.24, 2.45) is 7.05 Å². The highest BCUT2D eigenvalue weighted by Gasteiger charge is 2.28. The molecule has 3 heterocycles. The fourth-order valence-corrected chi connectivity index (χ4v) is 2.49. The van der Waals surface area contributed by atoms with Gasteiger partial charge in [0.1, 0.15) is 11.9 Å². The zero-order valence-electron chi connectivity index (χ0n) is 12.4. The minimum Gasteiger partial charge on any atom is -0.368 e. The van der Waals surface area contributed by atoms with Crippen molar-refractivity contribution >= 4 is 5.91 Å². The second-order valence-corrected chi connectivity index (χ2v) is 5.23. The summed E-state index contributed by atoms with van der Waals surface area (Å²) in [6.07, 6.45) is 2.92. The summed E-state index contributed by atoms with van der Waals surface area (Å²) < 4.78 is 7.35. The van der Waals surface area contributed by atoms with Crippen molar-refractivity contribution < 1.29 is 9.53 Å². The van der Waals surface area contributed by atoms with Crippen LogP contribution in [-0.4, -0.2) is 50.0 Å². The third-order valence-electron chi connectivity index (χ3n) is 3.58. The number of nitrogens with one attached hydrogen (secondary N) is 1. The van der Waals surface area contributed by atoms with Crippen LogP contribution in [0.15, 0.2) is 23.3 Å². The maximum atomic E-state index is 12.5. The van der Waals surface area contributed by atoms with E-state index in [1.165, 1.54) is 6.07 Å². The van der Waals surface area contributed by atoms with Crippen LogP contribution in [0.5, 0.6) is 0 Å². The van der Waals surface area contributed by atoms with Gasteiger partial charge in [-0.05, 0) is 6.92 Å². The van der Waals surface area contributed by atoms with Gasteiger partial charge in [-0.25, -0.2) is 9.97 Å². The first-order valence-corrected chi connectivity index (χ1v) is 7.00. The van der Waals surface area contributed by atoms with E-state index in [1.807, 2.05) is 0 Å². The summed E-state index contributed by atoms with van der Waals surface area (Å²) in [6, 6.07) is 1.41. The van der Waals surface area contributed by atoms with Gasteiger partial charge in [0, 0.05) is 32.1 Å². The number of carbonyl (C=O) groups excluding carboxylic acids is 1. The van der Waals surface area contributed by atoms with Gasteiger partial charge in [-0.2, -0.15) is 0 Å². The molecular formula is C14H17N5O3. The van der Waals surface area contributed by atoms with E-state index in [9.17, 15) is 9.59 Å². The smallest absolute Gasteiger partial charge is 0.290 e. The van der Waals surface area contributed by atoms with Crippen LogP contribution >= 0.6 is 0 Å². The number of ether oxygens (including phenoxy) is 1. The molecule has 2 aromatic heterocycles. The molecule has 0 aromatic carbocycles. The zero-order chi connectivity index (χ0) is 15.7. The van der Waals surface area contributed by atoms with Crippen molar-refractivity contribution in [2.75, 3.05) is 19.7 Å². The number of carbonyl (C=O) groups is 1. The highest BCUT2D eigenvalue weighted by Crippen LogP contribution is 2.20. The number of morpholine rings is 1. The first kappa shape index (κ1) is 14.5. The number of imidazole rings is 1. The molecule has 1 N–H and O–H groups in total. The van der Waals surface area contributed by atoms with Crippen molar-refractivity contribution in [3.8, 4) is 0 Å². The number of hydrogen-bond donors (Lipinski definition) is 1. The quantitative estimate of drug-likeness (QED) is 0.844. The molecule has 1 aliphatic heterocycles. The monoisotopic (exact) mass is 303 g/mol. The molecule has 0 bridgehead atoms. The third-order valence-corrected chi connectivity index (χ3v) is 3.58. The van der Waals surface area contributed by atoms with Crippen LogP contribution in [0.2, 0.25) is 0 Å². The van der Waals surface area contributed by atoms with E-state index < -0.39 is 6.10 Å². The second-order valence-electron chi connectivity index (χ2n) is 5.23. The molecule has 0 radical (unpaired) electrons. The molecule has 1 amide bonds. The van der Waals surface area contributed by atoms with Gasteiger partial charge in [0.15, 0.2) is 5.82 Å². The number of amides is 1. The number of hydrogen-bond acceptors (Lipinski definition) is 5. The lowest BCUT2D eigenvalue weighted by atomic mass is 10.2. The summed E-state index contributed by atoms with van der Waals surface area (Å²) in [5.41, 5.74) is 0.317. The minimum atomic E-state index is -0.404. The Morgan fingerprint density at radius 1 is 1.50 bits per heavy atom. The Morgan fingerprint density at radius 2 is 2.32 bits per heavy atom. The molecule has 1 fully saturated rings. The van der Waals surface area contributed by atoms with Gasteiger partial charge in [0.05, 0.1) is 18.8 Å². The number of nitrogens with zero attached hydrogens (tertiary/aromatic N) is 4. The Bertz CT molecular complexity index is 751. The standard InChI is InChI=1S/C14H17N5O3/c1-9-16-10(7-12(20)17-9)11-8-19(5-6-22-11)14(21)13-15-3-4-18(13)2/h3-4,7,11H,5-6,8H2,1-2H3,(H,16,17,20)/t11-/m0/s1. The van der Waals surface area contributed by atoms with E-state index in [0.717, 1.165) is 0 Å². The number of rotatable bonds is 2. The van der Waals surface area contributed by atoms with Crippen molar-refractivity contribution in [1.82, 2.24) is 24.4 Å². The fraction of sp³-hybridized carbons (Fsp3) is 0.429. The van der Waals surface area contributed by atoms with Gasteiger partial charge >= 0.3 is 0 Å². The SMILES string of the molecule is Cc1nc([C@@H]2CN(C(=O)c3nccn3C)CCO2)cc(=O)[nH]1. The molecule has 0 spiro atoms. The Balaban J connectivity index is 1.81. The van der Waals surface area contributed by atoms with E-state index >= 15 is 0 Å². The molecular weight excluding hydrogens is 286 g/mol. The van der Waals surface area contributed by atoms with Crippen LogP contribution in [-0.2, 0) is 11.8 Å². The zero-order valence-corrected chi connectivity index (χ0v) is 12.4. The highest BCUT2D eigenvalue weighted by molar-refractivity contribution is 5.90. The summed E-state index contributed by atoms with van der Waals surface area (Å²) in [7, 11) is 1.78. The maximum Gasteiger partial charge on any atom is 0.290 e. The molecule has 1 saturated heterocycles. The molecule has 116 valence electrons. The largest absolute Gasteiger partial charge is 0.368 e. The molecule has 1 aliphatic rings. The molecule has 0 unspecified atom stereocenters. The molecule has 2 aromatic rings. The predicted octanol–water partition coefficient (Wildman–Crippen LogP) is 0.0255. The van der Waals surface area contributed by atoms with Crippen LogP contribution in [0.4, 0.5) is 0 Å². The maximum absolute atomic E-state index is 12.5. The lowest BCUT2D eigenvalue weighted by Crippen LogP contribution is -2.43. The molecule has 8 heteroatoms. The topological polar surface area (TPSA) is 93.1 Å². The van der Waals surface area contributed by atoms with Crippen LogP contribution in [0.3, 0.4) is 0 Å². The van der Waals surface area contributed by atoms with E-state index in [-0.39, 0.29) is 11.5 Å². The normalized spacial score (nSPS) is 18.5. The van der Waals surface area contributed by atoms with Crippen molar-refractivity contribution in [3.63, 3.8) is 0 Å². The van der Waals surface area contributed by atoms with Crippen LogP contribution < -0.4 is 5.56 Å². The molecule has 8 nitrogen and oxygen atoms in total. The summed E-state index contributed by atoms with van der Waals surface area (Å²) in [5.74, 6) is 0.761. The summed E-state index contributed by atoms with van der Waals surface area (Å²) in [5, 5.41) is 0. The number of H-pyrrole nitrogens is 1. The Labute approximate surface area is 126 Å². The number of aromatic amines is 1. The second kappa shape index (κ2) is 5.72. The van der Waals surface area contributed by atoms with E-state index in [4.69, 9.17) is 4.74 Å². The summed E-state index contributed by atoms with van der Waals surface area (Å²) >= 11 is 0. The molecule has 3 rings (SSSR count). The van der Waals surface area contributed by atoms with Crippen LogP contribution in [0.1, 0.15) is 28.2 Å². The van der Waals surface area contributed by atoms with Gasteiger partial charge in [-0.1, -0.05) is 0 Å². The highest BCUT2D eigenvalue weighted by atomic mass is 16.5. The van der Waals surface area contributed by atoms with E-state index in [2.05, 4.69) is 15.0 Å². The average molecular weight is 303 g/mol. The van der Waals surface area contributed by atoms with Gasteiger partial charge < -0.3 is 19.2 Å². The first-order valence-electron chi connectivity index (χ1n) is 7.00. The summed E-state index contributed by atoms with van der Waals surface area (Å²) in [4.78, 5) is 36.7. The fourth-order valence-electron chi connectivity index (χ4n) is 2.49. The van der Waals surface area contributed by atoms with Gasteiger partial charge in [0.2, 0.25) is 0 Å². The number of aromatic nitrogens is 4. The van der Waals surface area contributed by atoms with Gasteiger partial charge in [-0.3, -0.25) is 9.59 Å². The lowest BCUT2D eigenvalue weighted by molar-refractivity contribution is -0.0253. The van der Waals surface area contributed by atoms with Crippen LogP contribution in [0.25, 0.3) is 0 Å². The molecule has 22 heavy (non-hydrogen) atoms. The average Bonchev–Trinajstić information content (AvgIpc) is 2.92. The van der Waals surface area contributed by atoms with Crippen molar-refractivity contribution in [3.05, 3.63) is 46.2 Å². The van der Waals surface area contributed by atoms with Gasteiger partial charge in [-0.15, -0.1) is 0 Å². The van der Waals surface area contributed by atoms with Gasteiger partial charge in [0.25, 0.3) is 11.5 Å². The first-order chi connectivity index (χ1) is 10.5. The Hall–Kier alpha value is -2.48. The predicted molar refractivity (Wildman–Crippen MR) is 77.4 cm³/mol. The number of aryl methyl sites for hydroxylation is 2. The minimum absolute atomic E-state index is 0.151. The molecule has 1 atom stereocenters. The third kappa shape index (κ3) is 2.77. The molecule has 0 aliphatic carbocycles. The van der Waals surface area contributed by atoms with Crippen molar-refractivity contribution in [2.45, 2.75) is 13.0 Å². The summed E-state index contributed by atoms with van der Waals surface area (Å²) in [6.45, 7) is 2.95. The van der Waals surface area contributed by atoms with E-state index in [1.54, 1.807) is 35.8 Å². The lowest BCUT2D eigenvalue weighted by Gasteiger charge is -2.32. The Kier molecular flexibility index (Phi) is 3.76.